The lowest BCUT2D eigenvalue weighted by Gasteiger charge is -2.58. The van der Waals surface area contributed by atoms with Crippen LogP contribution in [0.4, 0.5) is 5.69 Å². The van der Waals surface area contributed by atoms with Crippen LogP contribution in [-0.4, -0.2) is 17.0 Å². The fourth-order valence-corrected chi connectivity index (χ4v) is 9.88. The second kappa shape index (κ2) is 11.7. The number of hydrogen-bond acceptors (Lipinski definition) is 4. The van der Waals surface area contributed by atoms with Crippen LogP contribution in [0.15, 0.2) is 42.5 Å². The van der Waals surface area contributed by atoms with Crippen molar-refractivity contribution in [2.45, 2.75) is 111 Å². The number of rotatable bonds is 9. The monoisotopic (exact) mass is 561 g/mol. The Balaban J connectivity index is 1.22. The van der Waals surface area contributed by atoms with Crippen LogP contribution in [0.25, 0.3) is 5.57 Å². The van der Waals surface area contributed by atoms with Gasteiger partial charge in [-0.2, -0.15) is 0 Å². The van der Waals surface area contributed by atoms with E-state index in [9.17, 15) is 14.9 Å². The molecule has 4 aliphatic carbocycles. The van der Waals surface area contributed by atoms with E-state index in [1.807, 2.05) is 0 Å². The highest BCUT2D eigenvalue weighted by atomic mass is 16.6. The molecule has 3 saturated carbocycles. The molecule has 4 aliphatic rings. The van der Waals surface area contributed by atoms with E-state index in [0.29, 0.717) is 11.0 Å². The number of carbonyl (C=O) groups is 1. The Morgan fingerprint density at radius 1 is 1.05 bits per heavy atom. The lowest BCUT2D eigenvalue weighted by Crippen LogP contribution is -2.51. The number of ether oxygens (including phenoxy) is 1. The summed E-state index contributed by atoms with van der Waals surface area (Å²) in [6.45, 7) is 16.3. The molecule has 1 aromatic carbocycles. The van der Waals surface area contributed by atoms with Crippen molar-refractivity contribution in [2.24, 2.45) is 46.3 Å². The summed E-state index contributed by atoms with van der Waals surface area (Å²) in [5, 5.41) is 11.0. The minimum absolute atomic E-state index is 0.00340. The maximum Gasteiger partial charge on any atom is 0.338 e. The minimum atomic E-state index is -0.445. The number of carbonyl (C=O) groups excluding carboxylic acids is 1. The standard InChI is InChI=1S/C36H51NO4/c1-23(2)8-7-9-24(3)31-16-17-32-30-15-12-27-22-29(18-20-35(27,5)33(30)19-21-36(31,32)6)41-34(38)25(4)26-10-13-28(14-11-26)37(39)40/h10-14,23-24,29-33H,4,7-9,15-22H2,1-3,5-6H3/t24-,29+,30+,31-,32+,33+,35+,36-/m1/s1. The van der Waals surface area contributed by atoms with E-state index >= 15 is 0 Å². The Hall–Kier alpha value is -2.43. The number of benzene rings is 1. The highest BCUT2D eigenvalue weighted by Gasteiger charge is 2.59. The Labute approximate surface area is 247 Å². The first-order valence-corrected chi connectivity index (χ1v) is 16.3. The zero-order chi connectivity index (χ0) is 29.5. The van der Waals surface area contributed by atoms with E-state index in [2.05, 4.69) is 47.3 Å². The molecule has 0 bridgehead atoms. The van der Waals surface area contributed by atoms with Crippen molar-refractivity contribution < 1.29 is 14.5 Å². The summed E-state index contributed by atoms with van der Waals surface area (Å²) >= 11 is 0. The van der Waals surface area contributed by atoms with E-state index < -0.39 is 10.9 Å². The maximum atomic E-state index is 13.0. The van der Waals surface area contributed by atoms with Gasteiger partial charge < -0.3 is 4.74 Å². The summed E-state index contributed by atoms with van der Waals surface area (Å²) in [5.74, 6) is 4.46. The van der Waals surface area contributed by atoms with Crippen molar-refractivity contribution in [3.8, 4) is 0 Å². The van der Waals surface area contributed by atoms with Gasteiger partial charge in [-0.3, -0.25) is 10.1 Å². The molecule has 0 unspecified atom stereocenters. The molecular formula is C36H51NO4. The average Bonchev–Trinajstić information content (AvgIpc) is 3.30. The van der Waals surface area contributed by atoms with Gasteiger partial charge in [0, 0.05) is 18.6 Å². The van der Waals surface area contributed by atoms with Gasteiger partial charge in [-0.15, -0.1) is 0 Å². The van der Waals surface area contributed by atoms with Gasteiger partial charge in [-0.25, -0.2) is 4.79 Å². The molecular weight excluding hydrogens is 510 g/mol. The molecule has 5 nitrogen and oxygen atoms in total. The normalized spacial score (nSPS) is 35.1. The zero-order valence-electron chi connectivity index (χ0n) is 26.0. The van der Waals surface area contributed by atoms with Crippen molar-refractivity contribution in [3.63, 3.8) is 0 Å². The van der Waals surface area contributed by atoms with Gasteiger partial charge in [0.25, 0.3) is 5.69 Å². The van der Waals surface area contributed by atoms with Crippen LogP contribution in [0.2, 0.25) is 0 Å². The molecule has 41 heavy (non-hydrogen) atoms. The number of fused-ring (bicyclic) bond motifs is 5. The van der Waals surface area contributed by atoms with Crippen LogP contribution in [0.3, 0.4) is 0 Å². The molecule has 0 aliphatic heterocycles. The van der Waals surface area contributed by atoms with E-state index in [4.69, 9.17) is 4.74 Å². The molecule has 8 atom stereocenters. The summed E-state index contributed by atoms with van der Waals surface area (Å²) < 4.78 is 5.97. The summed E-state index contributed by atoms with van der Waals surface area (Å²) in [6.07, 6.45) is 16.0. The lowest BCUT2D eigenvalue weighted by atomic mass is 9.47. The summed E-state index contributed by atoms with van der Waals surface area (Å²) in [4.78, 5) is 23.5. The molecule has 0 aromatic heterocycles. The average molecular weight is 562 g/mol. The van der Waals surface area contributed by atoms with Crippen LogP contribution >= 0.6 is 0 Å². The van der Waals surface area contributed by atoms with Gasteiger partial charge in [0.05, 0.1) is 10.5 Å². The first-order chi connectivity index (χ1) is 19.4. The quantitative estimate of drug-likeness (QED) is 0.0989. The molecule has 3 fully saturated rings. The SMILES string of the molecule is C=C(C(=O)O[C@H]1CC[C@@]2(C)C(=CC[C@H]3[C@@H]4CC[C@H]([C@H](C)CCCC(C)C)[C@@]4(C)CC[C@@H]32)C1)c1ccc([N+](=O)[O-])cc1. The molecule has 5 heteroatoms. The molecule has 0 saturated heterocycles. The molecule has 0 heterocycles. The van der Waals surface area contributed by atoms with Gasteiger partial charge in [0.2, 0.25) is 0 Å². The van der Waals surface area contributed by atoms with Crippen LogP contribution in [0.5, 0.6) is 0 Å². The molecule has 0 amide bonds. The van der Waals surface area contributed by atoms with E-state index in [1.54, 1.807) is 12.1 Å². The highest BCUT2D eigenvalue weighted by Crippen LogP contribution is 2.67. The summed E-state index contributed by atoms with van der Waals surface area (Å²) in [7, 11) is 0. The molecule has 0 radical (unpaired) electrons. The van der Waals surface area contributed by atoms with Gasteiger partial charge in [-0.1, -0.05) is 72.1 Å². The van der Waals surface area contributed by atoms with Crippen molar-refractivity contribution in [1.82, 2.24) is 0 Å². The van der Waals surface area contributed by atoms with Gasteiger partial charge in [0.1, 0.15) is 6.10 Å². The Morgan fingerprint density at radius 2 is 1.78 bits per heavy atom. The second-order valence-electron chi connectivity index (χ2n) is 14.8. The molecule has 0 N–H and O–H groups in total. The summed E-state index contributed by atoms with van der Waals surface area (Å²) in [5.41, 5.74) is 3.02. The first kappa shape index (κ1) is 30.0. The van der Waals surface area contributed by atoms with Gasteiger partial charge in [-0.05, 0) is 109 Å². The third-order valence-electron chi connectivity index (χ3n) is 12.2. The van der Waals surface area contributed by atoms with Crippen molar-refractivity contribution in [2.75, 3.05) is 0 Å². The van der Waals surface area contributed by atoms with Crippen LogP contribution in [0, 0.1) is 56.5 Å². The van der Waals surface area contributed by atoms with Crippen molar-refractivity contribution in [3.05, 3.63) is 58.2 Å². The van der Waals surface area contributed by atoms with Crippen molar-refractivity contribution in [1.29, 1.82) is 0 Å². The zero-order valence-corrected chi connectivity index (χ0v) is 26.0. The van der Waals surface area contributed by atoms with E-state index in [-0.39, 0.29) is 22.8 Å². The van der Waals surface area contributed by atoms with E-state index in [0.717, 1.165) is 54.8 Å². The first-order valence-electron chi connectivity index (χ1n) is 16.3. The second-order valence-corrected chi connectivity index (χ2v) is 14.8. The third-order valence-corrected chi connectivity index (χ3v) is 12.2. The van der Waals surface area contributed by atoms with Gasteiger partial charge >= 0.3 is 5.97 Å². The predicted octanol–water partition coefficient (Wildman–Crippen LogP) is 9.56. The fourth-order valence-electron chi connectivity index (χ4n) is 9.88. The van der Waals surface area contributed by atoms with Crippen LogP contribution < -0.4 is 0 Å². The van der Waals surface area contributed by atoms with E-state index in [1.165, 1.54) is 69.1 Å². The third kappa shape index (κ3) is 5.67. The molecule has 1 aromatic rings. The smallest absolute Gasteiger partial charge is 0.338 e. The predicted molar refractivity (Wildman–Crippen MR) is 165 cm³/mol. The van der Waals surface area contributed by atoms with Crippen molar-refractivity contribution >= 4 is 17.2 Å². The fraction of sp³-hybridized carbons (Fsp3) is 0.694. The molecule has 0 spiro atoms. The van der Waals surface area contributed by atoms with Crippen LogP contribution in [0.1, 0.15) is 111 Å². The Kier molecular flexibility index (Phi) is 8.56. The van der Waals surface area contributed by atoms with Crippen LogP contribution in [-0.2, 0) is 9.53 Å². The largest absolute Gasteiger partial charge is 0.458 e. The molecule has 5 rings (SSSR count). The lowest BCUT2D eigenvalue weighted by molar-refractivity contribution is -0.384. The Morgan fingerprint density at radius 3 is 2.46 bits per heavy atom. The number of non-ortho nitro benzene ring substituents is 1. The summed E-state index contributed by atoms with van der Waals surface area (Å²) in [6, 6.07) is 5.94. The number of allylic oxidation sites excluding steroid dienone is 1. The van der Waals surface area contributed by atoms with Gasteiger partial charge in [0.15, 0.2) is 0 Å². The number of hydrogen-bond donors (Lipinski definition) is 0. The number of nitrogens with zero attached hydrogens (tertiary/aromatic N) is 1. The molecule has 224 valence electrons. The Bertz CT molecular complexity index is 1180. The number of esters is 1. The minimum Gasteiger partial charge on any atom is -0.458 e. The maximum absolute atomic E-state index is 13.0. The topological polar surface area (TPSA) is 69.4 Å². The highest BCUT2D eigenvalue weighted by molar-refractivity contribution is 6.15. The number of nitro groups is 1. The number of nitro benzene ring substituents is 1.